The van der Waals surface area contributed by atoms with Crippen molar-refractivity contribution in [2.45, 2.75) is 56.1 Å². The van der Waals surface area contributed by atoms with E-state index in [9.17, 15) is 13.7 Å². The summed E-state index contributed by atoms with van der Waals surface area (Å²) < 4.78 is 31.0. The minimum Gasteiger partial charge on any atom is -0.365 e. The highest BCUT2D eigenvalue weighted by Gasteiger charge is 2.44. The van der Waals surface area contributed by atoms with Crippen molar-refractivity contribution in [3.63, 3.8) is 0 Å². The molecule has 40 heavy (non-hydrogen) atoms. The van der Waals surface area contributed by atoms with Crippen molar-refractivity contribution in [3.8, 4) is 6.07 Å². The number of nitriles is 1. The second kappa shape index (κ2) is 10.5. The maximum atomic E-state index is 12.2. The lowest BCUT2D eigenvalue weighted by Gasteiger charge is -2.43. The fourth-order valence-corrected chi connectivity index (χ4v) is 6.52. The Morgan fingerprint density at radius 2 is 1.65 bits per heavy atom. The highest BCUT2D eigenvalue weighted by Crippen LogP contribution is 2.47. The molecule has 0 saturated carbocycles. The number of benzene rings is 3. The number of hydrogen-bond acceptors (Lipinski definition) is 7. The van der Waals surface area contributed by atoms with Crippen LogP contribution in [0.4, 0.5) is 5.69 Å². The summed E-state index contributed by atoms with van der Waals surface area (Å²) in [7, 11) is -3.55. The van der Waals surface area contributed by atoms with E-state index < -0.39 is 15.4 Å². The van der Waals surface area contributed by atoms with Gasteiger partial charge in [0.05, 0.1) is 23.6 Å². The molecule has 1 aromatic heterocycles. The summed E-state index contributed by atoms with van der Waals surface area (Å²) in [6.07, 6.45) is 5.57. The van der Waals surface area contributed by atoms with E-state index in [0.29, 0.717) is 30.8 Å². The van der Waals surface area contributed by atoms with E-state index in [0.717, 1.165) is 59.0 Å². The van der Waals surface area contributed by atoms with Gasteiger partial charge in [0, 0.05) is 43.1 Å². The number of aromatic nitrogens is 2. The molecule has 0 radical (unpaired) electrons. The van der Waals surface area contributed by atoms with Crippen LogP contribution >= 0.6 is 0 Å². The molecule has 8 heteroatoms. The highest BCUT2D eigenvalue weighted by atomic mass is 32.2. The van der Waals surface area contributed by atoms with Crippen molar-refractivity contribution in [1.29, 1.82) is 5.26 Å². The lowest BCUT2D eigenvalue weighted by atomic mass is 9.72. The van der Waals surface area contributed by atoms with Crippen molar-refractivity contribution in [1.82, 2.24) is 9.97 Å². The average Bonchev–Trinajstić information content (AvgIpc) is 2.97. The van der Waals surface area contributed by atoms with Crippen molar-refractivity contribution < 1.29 is 13.2 Å². The fraction of sp³-hybridized carbons (Fsp3) is 0.281. The molecule has 1 aliphatic carbocycles. The standard InChI is InChI=1S/C32H30N4O3S/c1-40(37,38)31-34-19-26-22-39-32(17-28(26)35-31)16-8-13-25-14-15-29(27(18-33)30(25)32)36(20-23-9-4-2-5-10-23)21-24-11-6-3-7-12-24/h2-7,9-12,14-15,19H,8,13,16-17,20-22H2,1H3. The number of hydrogen-bond donors (Lipinski definition) is 0. The molecule has 0 bridgehead atoms. The Bertz CT molecular complexity index is 1660. The Hall–Kier alpha value is -4.06. The molecule has 0 fully saturated rings. The summed E-state index contributed by atoms with van der Waals surface area (Å²) in [5.74, 6) is 0. The molecule has 0 saturated heterocycles. The van der Waals surface area contributed by atoms with Crippen LogP contribution in [-0.4, -0.2) is 24.6 Å². The van der Waals surface area contributed by atoms with Crippen molar-refractivity contribution in [3.05, 3.63) is 118 Å². The molecular formula is C32H30N4O3S. The smallest absolute Gasteiger partial charge is 0.247 e. The van der Waals surface area contributed by atoms with Gasteiger partial charge in [0.25, 0.3) is 0 Å². The molecule has 4 aromatic rings. The monoisotopic (exact) mass is 550 g/mol. The second-order valence-electron chi connectivity index (χ2n) is 10.6. The van der Waals surface area contributed by atoms with Crippen molar-refractivity contribution >= 4 is 15.5 Å². The Morgan fingerprint density at radius 1 is 0.975 bits per heavy atom. The van der Waals surface area contributed by atoms with Gasteiger partial charge in [0.15, 0.2) is 0 Å². The molecule has 0 amide bonds. The van der Waals surface area contributed by atoms with Gasteiger partial charge in [0.1, 0.15) is 11.7 Å². The first-order valence-corrected chi connectivity index (χ1v) is 15.3. The van der Waals surface area contributed by atoms with E-state index in [1.165, 1.54) is 0 Å². The minimum atomic E-state index is -3.55. The van der Waals surface area contributed by atoms with Crippen molar-refractivity contribution in [2.75, 3.05) is 11.2 Å². The Balaban J connectivity index is 1.46. The number of rotatable bonds is 6. The molecule has 1 unspecified atom stereocenters. The number of fused-ring (bicyclic) bond motifs is 3. The molecule has 6 rings (SSSR count). The van der Waals surface area contributed by atoms with Crippen LogP contribution < -0.4 is 4.90 Å². The number of sulfone groups is 1. The molecule has 3 aromatic carbocycles. The largest absolute Gasteiger partial charge is 0.365 e. The third-order valence-electron chi connectivity index (χ3n) is 7.86. The first-order chi connectivity index (χ1) is 19.4. The number of anilines is 1. The van der Waals surface area contributed by atoms with Crippen LogP contribution in [-0.2, 0) is 52.7 Å². The van der Waals surface area contributed by atoms with Gasteiger partial charge >= 0.3 is 0 Å². The predicted molar refractivity (Wildman–Crippen MR) is 152 cm³/mol. The highest BCUT2D eigenvalue weighted by molar-refractivity contribution is 7.90. The van der Waals surface area contributed by atoms with E-state index in [-0.39, 0.29) is 11.8 Å². The maximum Gasteiger partial charge on any atom is 0.247 e. The van der Waals surface area contributed by atoms with E-state index in [1.54, 1.807) is 6.20 Å². The molecule has 2 heterocycles. The summed E-state index contributed by atoms with van der Waals surface area (Å²) in [5, 5.41) is 10.5. The first kappa shape index (κ1) is 26.2. The van der Waals surface area contributed by atoms with E-state index in [1.807, 2.05) is 36.4 Å². The minimum absolute atomic E-state index is 0.175. The molecule has 1 spiro atoms. The van der Waals surface area contributed by atoms with E-state index in [4.69, 9.17) is 4.74 Å². The van der Waals surface area contributed by atoms with E-state index >= 15 is 0 Å². The summed E-state index contributed by atoms with van der Waals surface area (Å²) >= 11 is 0. The van der Waals surface area contributed by atoms with Crippen LogP contribution in [0.2, 0.25) is 0 Å². The molecular weight excluding hydrogens is 520 g/mol. The summed E-state index contributed by atoms with van der Waals surface area (Å²) in [6.45, 7) is 1.56. The molecule has 7 nitrogen and oxygen atoms in total. The molecule has 1 atom stereocenters. The van der Waals surface area contributed by atoms with Crippen LogP contribution in [0.3, 0.4) is 0 Å². The van der Waals surface area contributed by atoms with Gasteiger partial charge in [-0.15, -0.1) is 0 Å². The normalized spacial score (nSPS) is 18.0. The quantitative estimate of drug-likeness (QED) is 0.302. The van der Waals surface area contributed by atoms with Gasteiger partial charge in [-0.05, 0) is 42.0 Å². The topological polar surface area (TPSA) is 96.2 Å². The Morgan fingerprint density at radius 3 is 2.27 bits per heavy atom. The van der Waals surface area contributed by atoms with Crippen LogP contribution in [0, 0.1) is 11.3 Å². The van der Waals surface area contributed by atoms with Gasteiger partial charge in [-0.25, -0.2) is 18.4 Å². The van der Waals surface area contributed by atoms with Crippen LogP contribution in [0.15, 0.2) is 84.1 Å². The number of nitrogens with zero attached hydrogens (tertiary/aromatic N) is 4. The zero-order valence-corrected chi connectivity index (χ0v) is 23.2. The van der Waals surface area contributed by atoms with Gasteiger partial charge in [-0.2, -0.15) is 5.26 Å². The third kappa shape index (κ3) is 4.99. The van der Waals surface area contributed by atoms with Gasteiger partial charge in [0.2, 0.25) is 15.0 Å². The Labute approximate surface area is 235 Å². The van der Waals surface area contributed by atoms with Gasteiger partial charge in [-0.1, -0.05) is 66.7 Å². The van der Waals surface area contributed by atoms with Gasteiger partial charge < -0.3 is 9.64 Å². The van der Waals surface area contributed by atoms with Crippen LogP contribution in [0.1, 0.15) is 51.9 Å². The predicted octanol–water partition coefficient (Wildman–Crippen LogP) is 5.26. The van der Waals surface area contributed by atoms with Crippen LogP contribution in [0.5, 0.6) is 0 Å². The number of aryl methyl sites for hydroxylation is 1. The van der Waals surface area contributed by atoms with Gasteiger partial charge in [-0.3, -0.25) is 0 Å². The molecule has 2 aliphatic rings. The maximum absolute atomic E-state index is 12.2. The van der Waals surface area contributed by atoms with Crippen molar-refractivity contribution in [2.24, 2.45) is 0 Å². The number of ether oxygens (including phenoxy) is 1. The molecule has 1 aliphatic heterocycles. The summed E-state index contributed by atoms with van der Waals surface area (Å²) in [6, 6.07) is 27.3. The second-order valence-corrected chi connectivity index (χ2v) is 12.6. The average molecular weight is 551 g/mol. The SMILES string of the molecule is CS(=O)(=O)c1ncc2c(n1)CC1(CCCc3ccc(N(Cc4ccccc4)Cc4ccccc4)c(C#N)c31)OC2. The molecule has 0 N–H and O–H groups in total. The van der Waals surface area contributed by atoms with Crippen LogP contribution in [0.25, 0.3) is 0 Å². The Kier molecular flexibility index (Phi) is 6.87. The molecule has 202 valence electrons. The lowest BCUT2D eigenvalue weighted by Crippen LogP contribution is -2.41. The third-order valence-corrected chi connectivity index (χ3v) is 8.72. The zero-order valence-electron chi connectivity index (χ0n) is 22.4. The summed E-state index contributed by atoms with van der Waals surface area (Å²) in [5.41, 5.74) is 6.51. The lowest BCUT2D eigenvalue weighted by molar-refractivity contribution is -0.0859. The zero-order chi connectivity index (χ0) is 27.7. The first-order valence-electron chi connectivity index (χ1n) is 13.4. The summed E-state index contributed by atoms with van der Waals surface area (Å²) in [4.78, 5) is 10.8. The fourth-order valence-electron chi connectivity index (χ4n) is 6.00. The van der Waals surface area contributed by atoms with E-state index in [2.05, 4.69) is 57.3 Å².